The summed E-state index contributed by atoms with van der Waals surface area (Å²) in [6.07, 6.45) is -3.05. The molecule has 2 heterocycles. The number of carbonyl (C=O) groups is 1. The number of hydrogen-bond acceptors (Lipinski definition) is 8. The molecule has 10 heteroatoms. The van der Waals surface area contributed by atoms with E-state index >= 15 is 0 Å². The summed E-state index contributed by atoms with van der Waals surface area (Å²) < 4.78 is 49.9. The molecule has 0 amide bonds. The van der Waals surface area contributed by atoms with Crippen LogP contribution in [0, 0.1) is 0 Å². The number of nitrogens with zero attached hydrogens (tertiary/aromatic N) is 1. The SMILES string of the molecule is COC(=O)[C@H]1[C@H](O)[C@H]2OC(C)(C)O[C@H]2CN1S(=O)(=O)c1ccc(OCc2ccccc2)cc1. The van der Waals surface area contributed by atoms with Crippen LogP contribution in [0.2, 0.25) is 0 Å². The molecule has 33 heavy (non-hydrogen) atoms. The van der Waals surface area contributed by atoms with Gasteiger partial charge in [0.15, 0.2) is 11.8 Å². The molecule has 0 aliphatic carbocycles. The zero-order valence-electron chi connectivity index (χ0n) is 18.6. The number of aliphatic hydroxyl groups is 1. The first-order valence-electron chi connectivity index (χ1n) is 10.5. The molecule has 2 aromatic carbocycles. The van der Waals surface area contributed by atoms with Gasteiger partial charge in [-0.2, -0.15) is 4.31 Å². The summed E-state index contributed by atoms with van der Waals surface area (Å²) in [4.78, 5) is 12.4. The van der Waals surface area contributed by atoms with Crippen LogP contribution >= 0.6 is 0 Å². The van der Waals surface area contributed by atoms with Crippen LogP contribution in [-0.2, 0) is 35.6 Å². The van der Waals surface area contributed by atoms with E-state index in [2.05, 4.69) is 0 Å². The van der Waals surface area contributed by atoms with Crippen molar-refractivity contribution in [2.45, 2.75) is 55.5 Å². The molecular formula is C23H27NO8S. The highest BCUT2D eigenvalue weighted by Crippen LogP contribution is 2.38. The van der Waals surface area contributed by atoms with E-state index < -0.39 is 46.1 Å². The number of benzene rings is 2. The maximum Gasteiger partial charge on any atom is 0.326 e. The summed E-state index contributed by atoms with van der Waals surface area (Å²) in [5.74, 6) is -1.40. The van der Waals surface area contributed by atoms with Gasteiger partial charge in [0, 0.05) is 6.54 Å². The monoisotopic (exact) mass is 477 g/mol. The van der Waals surface area contributed by atoms with E-state index in [1.807, 2.05) is 30.3 Å². The first-order valence-corrected chi connectivity index (χ1v) is 12.0. The number of ether oxygens (including phenoxy) is 4. The van der Waals surface area contributed by atoms with Gasteiger partial charge in [0.1, 0.15) is 30.7 Å². The molecule has 0 radical (unpaired) electrons. The van der Waals surface area contributed by atoms with E-state index in [0.717, 1.165) is 17.0 Å². The highest BCUT2D eigenvalue weighted by Gasteiger charge is 2.57. The van der Waals surface area contributed by atoms with Crippen LogP contribution in [0.15, 0.2) is 59.5 Å². The van der Waals surface area contributed by atoms with E-state index in [1.165, 1.54) is 12.1 Å². The summed E-state index contributed by atoms with van der Waals surface area (Å²) >= 11 is 0. The van der Waals surface area contributed by atoms with Crippen molar-refractivity contribution in [2.24, 2.45) is 0 Å². The number of rotatable bonds is 6. The number of fused-ring (bicyclic) bond motifs is 1. The molecule has 0 saturated carbocycles. The van der Waals surface area contributed by atoms with E-state index in [4.69, 9.17) is 18.9 Å². The Morgan fingerprint density at radius 2 is 1.79 bits per heavy atom. The van der Waals surface area contributed by atoms with E-state index in [1.54, 1.807) is 26.0 Å². The maximum absolute atomic E-state index is 13.5. The zero-order valence-corrected chi connectivity index (χ0v) is 19.4. The molecule has 2 aromatic rings. The second-order valence-electron chi connectivity index (χ2n) is 8.42. The summed E-state index contributed by atoms with van der Waals surface area (Å²) in [7, 11) is -3.04. The minimum absolute atomic E-state index is 0.0488. The fraction of sp³-hybridized carbons (Fsp3) is 0.435. The van der Waals surface area contributed by atoms with Crippen LogP contribution in [0.1, 0.15) is 19.4 Å². The summed E-state index contributed by atoms with van der Waals surface area (Å²) in [6.45, 7) is 3.50. The lowest BCUT2D eigenvalue weighted by Gasteiger charge is -2.40. The molecule has 2 fully saturated rings. The van der Waals surface area contributed by atoms with Crippen LogP contribution in [-0.4, -0.2) is 67.6 Å². The van der Waals surface area contributed by atoms with Gasteiger partial charge in [0.2, 0.25) is 10.0 Å². The maximum atomic E-state index is 13.5. The Morgan fingerprint density at radius 1 is 1.12 bits per heavy atom. The van der Waals surface area contributed by atoms with Gasteiger partial charge >= 0.3 is 5.97 Å². The average Bonchev–Trinajstić information content (AvgIpc) is 3.12. The molecule has 1 N–H and O–H groups in total. The molecule has 2 saturated heterocycles. The topological polar surface area (TPSA) is 112 Å². The van der Waals surface area contributed by atoms with Crippen molar-refractivity contribution in [3.63, 3.8) is 0 Å². The molecule has 9 nitrogen and oxygen atoms in total. The summed E-state index contributed by atoms with van der Waals surface area (Å²) in [5.41, 5.74) is 0.980. The quantitative estimate of drug-likeness (QED) is 0.626. The summed E-state index contributed by atoms with van der Waals surface area (Å²) in [6, 6.07) is 14.0. The van der Waals surface area contributed by atoms with Crippen LogP contribution in [0.5, 0.6) is 5.75 Å². The van der Waals surface area contributed by atoms with Gasteiger partial charge in [0.25, 0.3) is 0 Å². The smallest absolute Gasteiger partial charge is 0.326 e. The van der Waals surface area contributed by atoms with Crippen molar-refractivity contribution >= 4 is 16.0 Å². The Bertz CT molecular complexity index is 1090. The third-order valence-corrected chi connectivity index (χ3v) is 7.53. The Hall–Kier alpha value is -2.50. The first kappa shape index (κ1) is 23.7. The van der Waals surface area contributed by atoms with Crippen molar-refractivity contribution < 1.29 is 37.3 Å². The number of carbonyl (C=O) groups excluding carboxylic acids is 1. The van der Waals surface area contributed by atoms with Crippen molar-refractivity contribution in [1.82, 2.24) is 4.31 Å². The third-order valence-electron chi connectivity index (χ3n) is 5.67. The highest BCUT2D eigenvalue weighted by molar-refractivity contribution is 7.89. The van der Waals surface area contributed by atoms with Crippen molar-refractivity contribution in [3.8, 4) is 5.75 Å². The second-order valence-corrected chi connectivity index (χ2v) is 10.3. The Morgan fingerprint density at radius 3 is 2.42 bits per heavy atom. The zero-order chi connectivity index (χ0) is 23.8. The Labute approximate surface area is 192 Å². The molecule has 2 aliphatic rings. The number of hydrogen-bond donors (Lipinski definition) is 1. The Balaban J connectivity index is 1.57. The Kier molecular flexibility index (Phi) is 6.47. The van der Waals surface area contributed by atoms with Gasteiger partial charge in [-0.15, -0.1) is 0 Å². The minimum Gasteiger partial charge on any atom is -0.489 e. The fourth-order valence-electron chi connectivity index (χ4n) is 4.14. The van der Waals surface area contributed by atoms with Gasteiger partial charge in [-0.3, -0.25) is 4.79 Å². The van der Waals surface area contributed by atoms with Gasteiger partial charge in [-0.25, -0.2) is 8.42 Å². The van der Waals surface area contributed by atoms with E-state index in [0.29, 0.717) is 12.4 Å². The number of aliphatic hydroxyl groups excluding tert-OH is 1. The fourth-order valence-corrected chi connectivity index (χ4v) is 5.75. The van der Waals surface area contributed by atoms with Gasteiger partial charge in [-0.05, 0) is 43.7 Å². The largest absolute Gasteiger partial charge is 0.489 e. The number of piperidine rings is 1. The molecule has 0 aromatic heterocycles. The van der Waals surface area contributed by atoms with Crippen molar-refractivity contribution in [2.75, 3.05) is 13.7 Å². The predicted molar refractivity (Wildman–Crippen MR) is 117 cm³/mol. The molecular weight excluding hydrogens is 450 g/mol. The van der Waals surface area contributed by atoms with Crippen molar-refractivity contribution in [3.05, 3.63) is 60.2 Å². The molecule has 4 rings (SSSR count). The van der Waals surface area contributed by atoms with Crippen LogP contribution in [0.4, 0.5) is 0 Å². The van der Waals surface area contributed by atoms with Crippen LogP contribution in [0.3, 0.4) is 0 Å². The molecule has 0 spiro atoms. The molecule has 0 unspecified atom stereocenters. The molecule has 0 bridgehead atoms. The number of esters is 1. The lowest BCUT2D eigenvalue weighted by Crippen LogP contribution is -2.64. The molecule has 178 valence electrons. The van der Waals surface area contributed by atoms with Crippen molar-refractivity contribution in [1.29, 1.82) is 0 Å². The van der Waals surface area contributed by atoms with E-state index in [-0.39, 0.29) is 11.4 Å². The standard InChI is InChI=1S/C23H27NO8S/c1-23(2)31-18-13-24(19(22(26)29-3)20(25)21(18)32-23)33(27,28)17-11-9-16(10-12-17)30-14-15-7-5-4-6-8-15/h4-12,18-21,25H,13-14H2,1-3H3/t18-,19+,20-,21-/m0/s1. The van der Waals surface area contributed by atoms with E-state index in [9.17, 15) is 18.3 Å². The van der Waals surface area contributed by atoms with Gasteiger partial charge in [-0.1, -0.05) is 30.3 Å². The van der Waals surface area contributed by atoms with Crippen LogP contribution in [0.25, 0.3) is 0 Å². The second kappa shape index (κ2) is 9.03. The number of sulfonamides is 1. The summed E-state index contributed by atoms with van der Waals surface area (Å²) in [5, 5.41) is 10.8. The normalized spacial score (nSPS) is 27.0. The third kappa shape index (κ3) is 4.75. The number of methoxy groups -OCH3 is 1. The average molecular weight is 478 g/mol. The minimum atomic E-state index is -4.18. The van der Waals surface area contributed by atoms with Gasteiger partial charge in [0.05, 0.1) is 12.0 Å². The van der Waals surface area contributed by atoms with Crippen LogP contribution < -0.4 is 4.74 Å². The highest BCUT2D eigenvalue weighted by atomic mass is 32.2. The van der Waals surface area contributed by atoms with Gasteiger partial charge < -0.3 is 24.1 Å². The predicted octanol–water partition coefficient (Wildman–Crippen LogP) is 1.69. The molecule has 2 aliphatic heterocycles. The molecule has 4 atom stereocenters. The lowest BCUT2D eigenvalue weighted by molar-refractivity contribution is -0.164. The lowest BCUT2D eigenvalue weighted by atomic mass is 9.96. The first-order chi connectivity index (χ1) is 15.6.